The van der Waals surface area contributed by atoms with Crippen molar-refractivity contribution in [1.29, 1.82) is 0 Å². The number of hydrogen-bond donors (Lipinski definition) is 3. The zero-order chi connectivity index (χ0) is 16.1. The van der Waals surface area contributed by atoms with Crippen LogP contribution < -0.4 is 10.6 Å². The van der Waals surface area contributed by atoms with Crippen LogP contribution in [-0.2, 0) is 0 Å². The summed E-state index contributed by atoms with van der Waals surface area (Å²) >= 11 is 7.42. The molecule has 1 aromatic carbocycles. The summed E-state index contributed by atoms with van der Waals surface area (Å²) in [4.78, 5) is 11.8. The Morgan fingerprint density at radius 2 is 2.32 bits per heavy atom. The molecule has 4 nitrogen and oxygen atoms in total. The number of urea groups is 1. The number of carbonyl (C=O) groups is 1. The van der Waals surface area contributed by atoms with Gasteiger partial charge in [-0.3, -0.25) is 0 Å². The first kappa shape index (κ1) is 17.4. The van der Waals surface area contributed by atoms with Gasteiger partial charge in [-0.25, -0.2) is 9.18 Å². The molecule has 0 saturated heterocycles. The number of nitrogens with one attached hydrogen (secondary N) is 2. The number of benzene rings is 1. The van der Waals surface area contributed by atoms with E-state index in [1.54, 1.807) is 0 Å². The monoisotopic (exact) mass is 346 g/mol. The van der Waals surface area contributed by atoms with Crippen molar-refractivity contribution in [3.8, 4) is 0 Å². The maximum atomic E-state index is 13.3. The fourth-order valence-electron chi connectivity index (χ4n) is 2.55. The van der Waals surface area contributed by atoms with E-state index in [-0.39, 0.29) is 23.6 Å². The summed E-state index contributed by atoms with van der Waals surface area (Å²) in [6, 6.07) is 3.97. The summed E-state index contributed by atoms with van der Waals surface area (Å²) in [5.41, 5.74) is 0.380. The number of carbonyl (C=O) groups excluding carboxylic acids is 1. The standard InChI is InChI=1S/C15H20ClFN2O2S/c1-22-11-4-3-10(7-11)19-15(21)18-8-14(20)9-2-5-12(16)13(17)6-9/h2,5-6,10-11,14,20H,3-4,7-8H2,1H3,(H2,18,19,21)/t10-,11+,14+/m0/s1. The van der Waals surface area contributed by atoms with Crippen LogP contribution in [0.4, 0.5) is 9.18 Å². The van der Waals surface area contributed by atoms with Gasteiger partial charge in [-0.15, -0.1) is 0 Å². The van der Waals surface area contributed by atoms with E-state index in [4.69, 9.17) is 11.6 Å². The Morgan fingerprint density at radius 3 is 2.95 bits per heavy atom. The Hall–Kier alpha value is -0.980. The first-order valence-electron chi connectivity index (χ1n) is 7.19. The van der Waals surface area contributed by atoms with Crippen molar-refractivity contribution in [3.05, 3.63) is 34.6 Å². The van der Waals surface area contributed by atoms with Gasteiger partial charge in [-0.05, 0) is 43.2 Å². The van der Waals surface area contributed by atoms with Crippen LogP contribution >= 0.6 is 23.4 Å². The first-order chi connectivity index (χ1) is 10.5. The highest BCUT2D eigenvalue weighted by molar-refractivity contribution is 7.99. The maximum absolute atomic E-state index is 13.3. The normalized spacial score (nSPS) is 22.4. The molecular formula is C15H20ClFN2O2S. The SMILES string of the molecule is CS[C@@H]1CC[C@H](NC(=O)NC[C@@H](O)c2ccc(Cl)c(F)c2)C1. The lowest BCUT2D eigenvalue weighted by atomic mass is 10.1. The molecule has 0 bridgehead atoms. The highest BCUT2D eigenvalue weighted by atomic mass is 35.5. The number of thioether (sulfide) groups is 1. The Balaban J connectivity index is 1.77. The van der Waals surface area contributed by atoms with Crippen molar-refractivity contribution in [2.24, 2.45) is 0 Å². The largest absolute Gasteiger partial charge is 0.387 e. The smallest absolute Gasteiger partial charge is 0.315 e. The maximum Gasteiger partial charge on any atom is 0.315 e. The molecular weight excluding hydrogens is 327 g/mol. The highest BCUT2D eigenvalue weighted by Gasteiger charge is 2.25. The molecule has 1 saturated carbocycles. The second kappa shape index (κ2) is 8.04. The predicted octanol–water partition coefficient (Wildman–Crippen LogP) is 3.10. The van der Waals surface area contributed by atoms with Gasteiger partial charge in [0.15, 0.2) is 0 Å². The van der Waals surface area contributed by atoms with E-state index in [1.165, 1.54) is 18.2 Å². The summed E-state index contributed by atoms with van der Waals surface area (Å²) in [6.07, 6.45) is 4.16. The van der Waals surface area contributed by atoms with E-state index < -0.39 is 11.9 Å². The topological polar surface area (TPSA) is 61.4 Å². The lowest BCUT2D eigenvalue weighted by molar-refractivity contribution is 0.172. The molecule has 1 aliphatic rings. The number of amides is 2. The van der Waals surface area contributed by atoms with Gasteiger partial charge in [0, 0.05) is 17.8 Å². The number of aliphatic hydroxyl groups is 1. The minimum Gasteiger partial charge on any atom is -0.387 e. The lowest BCUT2D eigenvalue weighted by Gasteiger charge is -2.16. The van der Waals surface area contributed by atoms with E-state index in [0.29, 0.717) is 10.8 Å². The average molecular weight is 347 g/mol. The fraction of sp³-hybridized carbons (Fsp3) is 0.533. The first-order valence-corrected chi connectivity index (χ1v) is 8.86. The van der Waals surface area contributed by atoms with E-state index in [2.05, 4.69) is 16.9 Å². The highest BCUT2D eigenvalue weighted by Crippen LogP contribution is 2.28. The predicted molar refractivity (Wildman–Crippen MR) is 87.8 cm³/mol. The van der Waals surface area contributed by atoms with Crippen LogP contribution in [0.2, 0.25) is 5.02 Å². The molecule has 0 heterocycles. The van der Waals surface area contributed by atoms with Crippen LogP contribution in [0.3, 0.4) is 0 Å². The Kier molecular flexibility index (Phi) is 6.35. The second-order valence-corrected chi connectivity index (χ2v) is 6.96. The Morgan fingerprint density at radius 1 is 1.55 bits per heavy atom. The zero-order valence-corrected chi connectivity index (χ0v) is 13.9. The quantitative estimate of drug-likeness (QED) is 0.767. The van der Waals surface area contributed by atoms with Gasteiger partial charge in [-0.2, -0.15) is 11.8 Å². The van der Waals surface area contributed by atoms with Gasteiger partial charge < -0.3 is 15.7 Å². The molecule has 0 unspecified atom stereocenters. The van der Waals surface area contributed by atoms with Crippen LogP contribution in [0.5, 0.6) is 0 Å². The van der Waals surface area contributed by atoms with Gasteiger partial charge >= 0.3 is 6.03 Å². The fourth-order valence-corrected chi connectivity index (χ4v) is 3.46. The molecule has 1 aliphatic carbocycles. The summed E-state index contributed by atoms with van der Waals surface area (Å²) in [7, 11) is 0. The van der Waals surface area contributed by atoms with Gasteiger partial charge in [0.05, 0.1) is 11.1 Å². The number of hydrogen-bond acceptors (Lipinski definition) is 3. The molecule has 22 heavy (non-hydrogen) atoms. The third-order valence-electron chi connectivity index (χ3n) is 3.84. The van der Waals surface area contributed by atoms with Gasteiger partial charge in [0.1, 0.15) is 5.82 Å². The number of halogens is 2. The minimum absolute atomic E-state index is 0.00577. The van der Waals surface area contributed by atoms with Crippen LogP contribution in [0.1, 0.15) is 30.9 Å². The number of rotatable bonds is 5. The van der Waals surface area contributed by atoms with Crippen LogP contribution in [-0.4, -0.2) is 35.2 Å². The third kappa shape index (κ3) is 4.76. The van der Waals surface area contributed by atoms with Crippen molar-refractivity contribution in [3.63, 3.8) is 0 Å². The molecule has 0 aliphatic heterocycles. The molecule has 1 aromatic rings. The molecule has 7 heteroatoms. The van der Waals surface area contributed by atoms with E-state index >= 15 is 0 Å². The molecule has 1 fully saturated rings. The molecule has 122 valence electrons. The minimum atomic E-state index is -0.972. The molecule has 3 atom stereocenters. The molecule has 0 aromatic heterocycles. The lowest BCUT2D eigenvalue weighted by Crippen LogP contribution is -2.42. The van der Waals surface area contributed by atoms with Crippen molar-refractivity contribution in [1.82, 2.24) is 10.6 Å². The van der Waals surface area contributed by atoms with Gasteiger partial charge in [-0.1, -0.05) is 17.7 Å². The van der Waals surface area contributed by atoms with E-state index in [9.17, 15) is 14.3 Å². The van der Waals surface area contributed by atoms with Crippen LogP contribution in [0.15, 0.2) is 18.2 Å². The van der Waals surface area contributed by atoms with Crippen LogP contribution in [0, 0.1) is 5.82 Å². The molecule has 0 radical (unpaired) electrons. The summed E-state index contributed by atoms with van der Waals surface area (Å²) < 4.78 is 13.3. The average Bonchev–Trinajstić information content (AvgIpc) is 2.95. The Bertz CT molecular complexity index is 532. The second-order valence-electron chi connectivity index (χ2n) is 5.41. The van der Waals surface area contributed by atoms with Crippen molar-refractivity contribution >= 4 is 29.4 Å². The Labute approximate surface area is 138 Å². The van der Waals surface area contributed by atoms with Crippen molar-refractivity contribution < 1.29 is 14.3 Å². The van der Waals surface area contributed by atoms with E-state index in [1.807, 2.05) is 11.8 Å². The van der Waals surface area contributed by atoms with Crippen LogP contribution in [0.25, 0.3) is 0 Å². The molecule has 2 rings (SSSR count). The van der Waals surface area contributed by atoms with Gasteiger partial charge in [0.2, 0.25) is 0 Å². The van der Waals surface area contributed by atoms with Gasteiger partial charge in [0.25, 0.3) is 0 Å². The summed E-state index contributed by atoms with van der Waals surface area (Å²) in [5.74, 6) is -0.586. The third-order valence-corrected chi connectivity index (χ3v) is 5.24. The molecule has 2 amide bonds. The zero-order valence-electron chi connectivity index (χ0n) is 12.3. The number of aliphatic hydroxyl groups excluding tert-OH is 1. The van der Waals surface area contributed by atoms with E-state index in [0.717, 1.165) is 19.3 Å². The molecule has 3 N–H and O–H groups in total. The van der Waals surface area contributed by atoms with Crippen molar-refractivity contribution in [2.75, 3.05) is 12.8 Å². The summed E-state index contributed by atoms with van der Waals surface area (Å²) in [6.45, 7) is 0.0194. The van der Waals surface area contributed by atoms with Crippen molar-refractivity contribution in [2.45, 2.75) is 36.7 Å². The summed E-state index contributed by atoms with van der Waals surface area (Å²) in [5, 5.41) is 16.1. The molecule has 0 spiro atoms.